The third-order valence-electron chi connectivity index (χ3n) is 3.78. The van der Waals surface area contributed by atoms with Gasteiger partial charge in [0, 0.05) is 31.2 Å². The lowest BCUT2D eigenvalue weighted by Gasteiger charge is -2.27. The van der Waals surface area contributed by atoms with Crippen LogP contribution < -0.4 is 15.4 Å². The zero-order chi connectivity index (χ0) is 17.0. The lowest BCUT2D eigenvalue weighted by atomic mass is 10.0. The standard InChI is InChI=1S/C16H19N3O3S2.ClH/c20-15(18-11-13-9-17-10-13)8-12-3-5-14(6-4-12)19-24(21,22)16-2-1-7-23-16;/h1-7,13,17,19H,8-11H2,(H,18,20);1H. The van der Waals surface area contributed by atoms with Crippen LogP contribution in [0, 0.1) is 5.92 Å². The number of halogens is 1. The summed E-state index contributed by atoms with van der Waals surface area (Å²) in [5, 5.41) is 7.80. The van der Waals surface area contributed by atoms with Gasteiger partial charge in [0.1, 0.15) is 4.21 Å². The Hall–Kier alpha value is -1.61. The average molecular weight is 402 g/mol. The molecule has 1 aliphatic rings. The van der Waals surface area contributed by atoms with Crippen molar-refractivity contribution in [3.63, 3.8) is 0 Å². The van der Waals surface area contributed by atoms with Crippen LogP contribution in [-0.4, -0.2) is 34.0 Å². The Bertz CT molecular complexity index is 789. The molecule has 0 atom stereocenters. The fraction of sp³-hybridized carbons (Fsp3) is 0.312. The molecule has 136 valence electrons. The molecule has 1 amide bonds. The number of nitrogens with one attached hydrogen (secondary N) is 3. The van der Waals surface area contributed by atoms with Crippen LogP contribution in [0.5, 0.6) is 0 Å². The molecule has 1 aromatic carbocycles. The molecular formula is C16H20ClN3O3S2. The molecule has 0 bridgehead atoms. The molecule has 0 unspecified atom stereocenters. The zero-order valence-electron chi connectivity index (χ0n) is 13.4. The number of rotatable bonds is 7. The summed E-state index contributed by atoms with van der Waals surface area (Å²) in [6.07, 6.45) is 0.290. The van der Waals surface area contributed by atoms with Crippen molar-refractivity contribution in [2.75, 3.05) is 24.4 Å². The summed E-state index contributed by atoms with van der Waals surface area (Å²) in [5.74, 6) is 0.511. The second-order valence-corrected chi connectivity index (χ2v) is 8.60. The van der Waals surface area contributed by atoms with Crippen LogP contribution in [0.1, 0.15) is 5.56 Å². The summed E-state index contributed by atoms with van der Waals surface area (Å²) >= 11 is 1.17. The lowest BCUT2D eigenvalue weighted by molar-refractivity contribution is -0.120. The lowest BCUT2D eigenvalue weighted by Crippen LogP contribution is -2.48. The van der Waals surface area contributed by atoms with Gasteiger partial charge in [-0.25, -0.2) is 8.42 Å². The third kappa shape index (κ3) is 5.43. The van der Waals surface area contributed by atoms with E-state index in [1.165, 1.54) is 11.3 Å². The fourth-order valence-corrected chi connectivity index (χ4v) is 4.36. The van der Waals surface area contributed by atoms with E-state index < -0.39 is 10.0 Å². The highest BCUT2D eigenvalue weighted by molar-refractivity contribution is 7.94. The van der Waals surface area contributed by atoms with Gasteiger partial charge in [0.15, 0.2) is 0 Å². The van der Waals surface area contributed by atoms with Crippen LogP contribution in [0.2, 0.25) is 0 Å². The smallest absolute Gasteiger partial charge is 0.271 e. The molecule has 9 heteroatoms. The van der Waals surface area contributed by atoms with Crippen molar-refractivity contribution in [2.45, 2.75) is 10.6 Å². The Kier molecular flexibility index (Phi) is 6.83. The van der Waals surface area contributed by atoms with Crippen molar-refractivity contribution < 1.29 is 13.2 Å². The number of sulfonamides is 1. The predicted octanol–water partition coefficient (Wildman–Crippen LogP) is 1.85. The fourth-order valence-electron chi connectivity index (χ4n) is 2.31. The Morgan fingerprint density at radius 2 is 1.92 bits per heavy atom. The summed E-state index contributed by atoms with van der Waals surface area (Å²) in [6.45, 7) is 2.61. The monoisotopic (exact) mass is 401 g/mol. The van der Waals surface area contributed by atoms with Gasteiger partial charge in [-0.3, -0.25) is 9.52 Å². The van der Waals surface area contributed by atoms with E-state index in [0.717, 1.165) is 18.7 Å². The number of amides is 1. The van der Waals surface area contributed by atoms with E-state index in [-0.39, 0.29) is 28.9 Å². The van der Waals surface area contributed by atoms with Crippen LogP contribution in [0.3, 0.4) is 0 Å². The molecule has 1 saturated heterocycles. The molecule has 6 nitrogen and oxygen atoms in total. The van der Waals surface area contributed by atoms with Gasteiger partial charge in [-0.1, -0.05) is 18.2 Å². The molecule has 1 aliphatic heterocycles. The van der Waals surface area contributed by atoms with Gasteiger partial charge in [0.05, 0.1) is 6.42 Å². The van der Waals surface area contributed by atoms with Gasteiger partial charge in [-0.05, 0) is 29.1 Å². The van der Waals surface area contributed by atoms with Crippen molar-refractivity contribution in [3.8, 4) is 0 Å². The average Bonchev–Trinajstić information content (AvgIpc) is 3.02. The van der Waals surface area contributed by atoms with Crippen molar-refractivity contribution in [1.82, 2.24) is 10.6 Å². The van der Waals surface area contributed by atoms with Crippen LogP contribution in [0.4, 0.5) is 5.69 Å². The topological polar surface area (TPSA) is 87.3 Å². The molecule has 2 heterocycles. The van der Waals surface area contributed by atoms with Crippen molar-refractivity contribution in [1.29, 1.82) is 0 Å². The number of anilines is 1. The largest absolute Gasteiger partial charge is 0.355 e. The Morgan fingerprint density at radius 1 is 1.20 bits per heavy atom. The first-order chi connectivity index (χ1) is 11.5. The highest BCUT2D eigenvalue weighted by Gasteiger charge is 2.17. The molecule has 0 radical (unpaired) electrons. The van der Waals surface area contributed by atoms with Crippen molar-refractivity contribution in [3.05, 3.63) is 47.3 Å². The van der Waals surface area contributed by atoms with Gasteiger partial charge in [0.2, 0.25) is 5.91 Å². The maximum absolute atomic E-state index is 12.1. The maximum atomic E-state index is 12.1. The second kappa shape index (κ2) is 8.66. The number of carbonyl (C=O) groups is 1. The summed E-state index contributed by atoms with van der Waals surface area (Å²) in [7, 11) is -3.54. The first-order valence-electron chi connectivity index (χ1n) is 7.65. The molecular weight excluding hydrogens is 382 g/mol. The van der Waals surface area contributed by atoms with Gasteiger partial charge in [0.25, 0.3) is 10.0 Å². The minimum absolute atomic E-state index is 0. The Labute approximate surface area is 157 Å². The van der Waals surface area contributed by atoms with Crippen molar-refractivity contribution in [2.24, 2.45) is 5.92 Å². The van der Waals surface area contributed by atoms with Gasteiger partial charge in [-0.2, -0.15) is 0 Å². The normalized spacial score (nSPS) is 14.2. The molecule has 0 saturated carbocycles. The minimum atomic E-state index is -3.54. The molecule has 0 aliphatic carbocycles. The number of thiophene rings is 1. The molecule has 1 fully saturated rings. The van der Waals surface area contributed by atoms with E-state index in [1.54, 1.807) is 41.8 Å². The Balaban J connectivity index is 0.00000225. The second-order valence-electron chi connectivity index (χ2n) is 5.74. The minimum Gasteiger partial charge on any atom is -0.355 e. The summed E-state index contributed by atoms with van der Waals surface area (Å²) in [6, 6.07) is 10.1. The Morgan fingerprint density at radius 3 is 2.48 bits per heavy atom. The number of benzene rings is 1. The first kappa shape index (κ1) is 19.7. The number of hydrogen-bond donors (Lipinski definition) is 3. The molecule has 3 rings (SSSR count). The number of carbonyl (C=O) groups excluding carboxylic acids is 1. The quantitative estimate of drug-likeness (QED) is 0.660. The van der Waals surface area contributed by atoms with Gasteiger partial charge >= 0.3 is 0 Å². The summed E-state index contributed by atoms with van der Waals surface area (Å²) in [5.41, 5.74) is 1.33. The van der Waals surface area contributed by atoms with Crippen LogP contribution >= 0.6 is 23.7 Å². The van der Waals surface area contributed by atoms with Crippen LogP contribution in [-0.2, 0) is 21.2 Å². The van der Waals surface area contributed by atoms with E-state index in [9.17, 15) is 13.2 Å². The highest BCUT2D eigenvalue weighted by Crippen LogP contribution is 2.20. The van der Waals surface area contributed by atoms with E-state index in [4.69, 9.17) is 0 Å². The van der Waals surface area contributed by atoms with Gasteiger partial charge in [-0.15, -0.1) is 23.7 Å². The molecule has 0 spiro atoms. The first-order valence-corrected chi connectivity index (χ1v) is 10.0. The van der Waals surface area contributed by atoms with E-state index in [1.807, 2.05) is 0 Å². The van der Waals surface area contributed by atoms with Crippen molar-refractivity contribution >= 4 is 45.4 Å². The maximum Gasteiger partial charge on any atom is 0.271 e. The SMILES string of the molecule is Cl.O=C(Cc1ccc(NS(=O)(=O)c2cccs2)cc1)NCC1CNC1. The van der Waals surface area contributed by atoms with E-state index >= 15 is 0 Å². The van der Waals surface area contributed by atoms with Gasteiger partial charge < -0.3 is 10.6 Å². The molecule has 1 aromatic heterocycles. The highest BCUT2D eigenvalue weighted by atomic mass is 35.5. The summed E-state index contributed by atoms with van der Waals surface area (Å²) < 4.78 is 27.1. The third-order valence-corrected chi connectivity index (χ3v) is 6.56. The zero-order valence-corrected chi connectivity index (χ0v) is 15.8. The predicted molar refractivity (Wildman–Crippen MR) is 102 cm³/mol. The van der Waals surface area contributed by atoms with E-state index in [0.29, 0.717) is 18.2 Å². The number of hydrogen-bond acceptors (Lipinski definition) is 5. The molecule has 3 N–H and O–H groups in total. The van der Waals surface area contributed by atoms with Crippen LogP contribution in [0.25, 0.3) is 0 Å². The van der Waals surface area contributed by atoms with Crippen LogP contribution in [0.15, 0.2) is 46.0 Å². The molecule has 2 aromatic rings. The molecule has 25 heavy (non-hydrogen) atoms. The van der Waals surface area contributed by atoms with E-state index in [2.05, 4.69) is 15.4 Å². The summed E-state index contributed by atoms with van der Waals surface area (Å²) in [4.78, 5) is 11.9.